The van der Waals surface area contributed by atoms with Crippen molar-refractivity contribution in [2.45, 2.75) is 26.8 Å². The summed E-state index contributed by atoms with van der Waals surface area (Å²) in [6.45, 7) is 7.00. The topological polar surface area (TPSA) is 24.9 Å². The van der Waals surface area contributed by atoms with Crippen molar-refractivity contribution in [3.63, 3.8) is 0 Å². The molecular formula is C14H17FN2S. The van der Waals surface area contributed by atoms with Crippen LogP contribution in [0.1, 0.15) is 34.1 Å². The zero-order chi connectivity index (χ0) is 13.1. The molecule has 1 heterocycles. The monoisotopic (exact) mass is 264 g/mol. The Morgan fingerprint density at radius 2 is 1.94 bits per heavy atom. The minimum Gasteiger partial charge on any atom is -0.305 e. The van der Waals surface area contributed by atoms with Crippen LogP contribution in [0.3, 0.4) is 0 Å². The van der Waals surface area contributed by atoms with E-state index in [1.54, 1.807) is 11.3 Å². The van der Waals surface area contributed by atoms with Crippen molar-refractivity contribution in [1.82, 2.24) is 10.3 Å². The van der Waals surface area contributed by atoms with E-state index >= 15 is 0 Å². The molecule has 1 atom stereocenters. The summed E-state index contributed by atoms with van der Waals surface area (Å²) in [6.07, 6.45) is 0. The van der Waals surface area contributed by atoms with E-state index in [0.29, 0.717) is 0 Å². The lowest BCUT2D eigenvalue weighted by molar-refractivity contribution is 0.611. The summed E-state index contributed by atoms with van der Waals surface area (Å²) < 4.78 is 13.0. The van der Waals surface area contributed by atoms with Crippen molar-refractivity contribution in [1.29, 1.82) is 0 Å². The van der Waals surface area contributed by atoms with Gasteiger partial charge in [-0.05, 0) is 38.1 Å². The van der Waals surface area contributed by atoms with E-state index in [-0.39, 0.29) is 11.9 Å². The van der Waals surface area contributed by atoms with Crippen LogP contribution in [0.15, 0.2) is 24.3 Å². The van der Waals surface area contributed by atoms with Crippen molar-refractivity contribution in [3.05, 3.63) is 51.2 Å². The van der Waals surface area contributed by atoms with Gasteiger partial charge in [0.05, 0.1) is 11.7 Å². The molecule has 0 fully saturated rings. The van der Waals surface area contributed by atoms with Gasteiger partial charge in [0.2, 0.25) is 0 Å². The average Bonchev–Trinajstić information content (AvgIpc) is 2.68. The number of hydrogen-bond acceptors (Lipinski definition) is 3. The second kappa shape index (κ2) is 5.59. The molecule has 2 rings (SSSR count). The lowest BCUT2D eigenvalue weighted by Gasteiger charge is -2.15. The second-order valence-electron chi connectivity index (χ2n) is 4.24. The molecule has 0 aliphatic rings. The van der Waals surface area contributed by atoms with E-state index in [1.807, 2.05) is 19.1 Å². The molecule has 0 bridgehead atoms. The summed E-state index contributed by atoms with van der Waals surface area (Å²) in [5, 5.41) is 4.44. The molecule has 1 aromatic carbocycles. The van der Waals surface area contributed by atoms with E-state index in [0.717, 1.165) is 22.8 Å². The Kier molecular flexibility index (Phi) is 4.09. The highest BCUT2D eigenvalue weighted by atomic mass is 32.1. The molecule has 96 valence electrons. The van der Waals surface area contributed by atoms with Gasteiger partial charge in [0.1, 0.15) is 10.8 Å². The molecule has 0 spiro atoms. The van der Waals surface area contributed by atoms with Crippen LogP contribution in [0.4, 0.5) is 4.39 Å². The summed E-state index contributed by atoms with van der Waals surface area (Å²) >= 11 is 1.69. The van der Waals surface area contributed by atoms with Crippen LogP contribution >= 0.6 is 11.3 Å². The van der Waals surface area contributed by atoms with E-state index in [9.17, 15) is 4.39 Å². The van der Waals surface area contributed by atoms with Gasteiger partial charge in [-0.25, -0.2) is 9.37 Å². The van der Waals surface area contributed by atoms with Crippen LogP contribution in [-0.4, -0.2) is 11.5 Å². The van der Waals surface area contributed by atoms with Gasteiger partial charge in [-0.1, -0.05) is 19.1 Å². The minimum absolute atomic E-state index is 0.0491. The zero-order valence-electron chi connectivity index (χ0n) is 10.8. The van der Waals surface area contributed by atoms with Gasteiger partial charge in [-0.15, -0.1) is 11.3 Å². The highest BCUT2D eigenvalue weighted by molar-refractivity contribution is 7.11. The number of aromatic nitrogens is 1. The number of rotatable bonds is 4. The van der Waals surface area contributed by atoms with Crippen LogP contribution in [0.2, 0.25) is 0 Å². The van der Waals surface area contributed by atoms with E-state index in [2.05, 4.69) is 24.1 Å². The molecule has 1 unspecified atom stereocenters. The first-order chi connectivity index (χ1) is 8.61. The van der Waals surface area contributed by atoms with Crippen LogP contribution < -0.4 is 5.32 Å². The molecule has 4 heteroatoms. The van der Waals surface area contributed by atoms with E-state index in [1.165, 1.54) is 17.0 Å². The molecule has 0 aliphatic heterocycles. The summed E-state index contributed by atoms with van der Waals surface area (Å²) in [5.41, 5.74) is 2.12. The van der Waals surface area contributed by atoms with E-state index in [4.69, 9.17) is 0 Å². The highest BCUT2D eigenvalue weighted by Crippen LogP contribution is 2.27. The van der Waals surface area contributed by atoms with E-state index < -0.39 is 0 Å². The number of thiazole rings is 1. The third kappa shape index (κ3) is 2.76. The number of benzene rings is 1. The first kappa shape index (κ1) is 13.2. The Balaban J connectivity index is 2.36. The third-order valence-corrected chi connectivity index (χ3v) is 4.04. The van der Waals surface area contributed by atoms with Crippen molar-refractivity contribution in [2.24, 2.45) is 0 Å². The molecule has 0 saturated carbocycles. The van der Waals surface area contributed by atoms with Gasteiger partial charge in [-0.3, -0.25) is 0 Å². The molecule has 1 aromatic heterocycles. The van der Waals surface area contributed by atoms with Gasteiger partial charge in [0.15, 0.2) is 0 Å². The summed E-state index contributed by atoms with van der Waals surface area (Å²) in [6, 6.07) is 6.66. The summed E-state index contributed by atoms with van der Waals surface area (Å²) in [7, 11) is 0. The SMILES string of the molecule is CCNC(c1ccc(F)cc1)c1nc(C)c(C)s1. The lowest BCUT2D eigenvalue weighted by Crippen LogP contribution is -2.21. The lowest BCUT2D eigenvalue weighted by atomic mass is 10.1. The van der Waals surface area contributed by atoms with Crippen LogP contribution in [0.5, 0.6) is 0 Å². The van der Waals surface area contributed by atoms with Crippen molar-refractivity contribution in [2.75, 3.05) is 6.54 Å². The molecule has 0 aliphatic carbocycles. The Hall–Kier alpha value is -1.26. The van der Waals surface area contributed by atoms with Crippen molar-refractivity contribution in [3.8, 4) is 0 Å². The molecule has 2 aromatic rings. The van der Waals surface area contributed by atoms with Crippen LogP contribution in [0, 0.1) is 19.7 Å². The van der Waals surface area contributed by atoms with Crippen LogP contribution in [-0.2, 0) is 0 Å². The zero-order valence-corrected chi connectivity index (χ0v) is 11.6. The fourth-order valence-corrected chi connectivity index (χ4v) is 2.86. The first-order valence-corrected chi connectivity index (χ1v) is 6.86. The average molecular weight is 264 g/mol. The standard InChI is InChI=1S/C14H17FN2S/c1-4-16-13(11-5-7-12(15)8-6-11)14-17-9(2)10(3)18-14/h5-8,13,16H,4H2,1-3H3. The maximum Gasteiger partial charge on any atom is 0.123 e. The van der Waals surface area contributed by atoms with Gasteiger partial charge in [-0.2, -0.15) is 0 Å². The first-order valence-electron chi connectivity index (χ1n) is 6.04. The van der Waals surface area contributed by atoms with Gasteiger partial charge < -0.3 is 5.32 Å². The number of aryl methyl sites for hydroxylation is 2. The maximum atomic E-state index is 13.0. The third-order valence-electron chi connectivity index (χ3n) is 2.90. The fraction of sp³-hybridized carbons (Fsp3) is 0.357. The molecule has 2 nitrogen and oxygen atoms in total. The largest absolute Gasteiger partial charge is 0.305 e. The van der Waals surface area contributed by atoms with Crippen LogP contribution in [0.25, 0.3) is 0 Å². The normalized spacial score (nSPS) is 12.7. The van der Waals surface area contributed by atoms with Crippen molar-refractivity contribution < 1.29 is 4.39 Å². The van der Waals surface area contributed by atoms with Gasteiger partial charge in [0, 0.05) is 4.88 Å². The minimum atomic E-state index is -0.208. The Labute approximate surface area is 111 Å². The Morgan fingerprint density at radius 3 is 2.44 bits per heavy atom. The molecule has 1 N–H and O–H groups in total. The molecule has 0 amide bonds. The highest BCUT2D eigenvalue weighted by Gasteiger charge is 2.17. The van der Waals surface area contributed by atoms with Crippen molar-refractivity contribution >= 4 is 11.3 Å². The molecular weight excluding hydrogens is 247 g/mol. The van der Waals surface area contributed by atoms with Gasteiger partial charge in [0.25, 0.3) is 0 Å². The predicted molar refractivity (Wildman–Crippen MR) is 73.5 cm³/mol. The summed E-state index contributed by atoms with van der Waals surface area (Å²) in [5.74, 6) is -0.208. The molecule has 0 saturated heterocycles. The maximum absolute atomic E-state index is 13.0. The number of hydrogen-bond donors (Lipinski definition) is 1. The number of nitrogens with zero attached hydrogens (tertiary/aromatic N) is 1. The number of halogens is 1. The number of nitrogens with one attached hydrogen (secondary N) is 1. The van der Waals surface area contributed by atoms with Gasteiger partial charge >= 0.3 is 0 Å². The molecule has 0 radical (unpaired) electrons. The smallest absolute Gasteiger partial charge is 0.123 e. The predicted octanol–water partition coefficient (Wildman–Crippen LogP) is 3.60. The quantitative estimate of drug-likeness (QED) is 0.912. The summed E-state index contributed by atoms with van der Waals surface area (Å²) in [4.78, 5) is 5.82. The Morgan fingerprint density at radius 1 is 1.28 bits per heavy atom. The molecule has 18 heavy (non-hydrogen) atoms. The Bertz CT molecular complexity index is 500. The second-order valence-corrected chi connectivity index (χ2v) is 5.47. The fourth-order valence-electron chi connectivity index (χ4n) is 1.83.